The second-order valence-corrected chi connectivity index (χ2v) is 12.4. The lowest BCUT2D eigenvalue weighted by atomic mass is 10.1. The van der Waals surface area contributed by atoms with Gasteiger partial charge in [0.25, 0.3) is 0 Å². The molecule has 0 bridgehead atoms. The van der Waals surface area contributed by atoms with Gasteiger partial charge >= 0.3 is 0 Å². The Bertz CT molecular complexity index is 1250. The molecule has 1 aromatic heterocycles. The van der Waals surface area contributed by atoms with Crippen LogP contribution in [0.4, 0.5) is 13.9 Å². The predicted molar refractivity (Wildman–Crippen MR) is 138 cm³/mol. The van der Waals surface area contributed by atoms with E-state index in [-0.39, 0.29) is 17.6 Å². The third-order valence-electron chi connectivity index (χ3n) is 5.67. The first-order valence-corrected chi connectivity index (χ1v) is 14.7. The van der Waals surface area contributed by atoms with Crippen molar-refractivity contribution < 1.29 is 17.2 Å². The second-order valence-electron chi connectivity index (χ2n) is 8.05. The maximum absolute atomic E-state index is 14.6. The highest BCUT2D eigenvalue weighted by atomic mass is 79.9. The summed E-state index contributed by atoms with van der Waals surface area (Å²) in [5.74, 6) is -1.86. The lowest BCUT2D eigenvalue weighted by Crippen LogP contribution is -2.49. The van der Waals surface area contributed by atoms with Gasteiger partial charge < -0.3 is 4.90 Å². The molecular weight excluding hydrogens is 612 g/mol. The van der Waals surface area contributed by atoms with E-state index in [9.17, 15) is 17.2 Å². The summed E-state index contributed by atoms with van der Waals surface area (Å²) in [5, 5.41) is 2.85. The van der Waals surface area contributed by atoms with Crippen LogP contribution in [0.3, 0.4) is 0 Å². The molecule has 0 atom stereocenters. The Kier molecular flexibility index (Phi) is 8.08. The molecule has 0 unspecified atom stereocenters. The van der Waals surface area contributed by atoms with Crippen molar-refractivity contribution in [3.05, 3.63) is 73.1 Å². The molecule has 0 N–H and O–H groups in total. The van der Waals surface area contributed by atoms with Crippen LogP contribution < -0.4 is 4.90 Å². The molecule has 2 heterocycles. The highest BCUT2D eigenvalue weighted by Gasteiger charge is 2.35. The Hall–Kier alpha value is -1.40. The smallest absolute Gasteiger partial charge is 0.247 e. The third-order valence-corrected chi connectivity index (χ3v) is 10.2. The van der Waals surface area contributed by atoms with Crippen LogP contribution in [0.1, 0.15) is 30.2 Å². The largest absolute Gasteiger partial charge is 0.345 e. The summed E-state index contributed by atoms with van der Waals surface area (Å²) < 4.78 is 55.4. The molecule has 3 aromatic rings. The van der Waals surface area contributed by atoms with E-state index in [1.165, 1.54) is 26.8 Å². The van der Waals surface area contributed by atoms with Gasteiger partial charge in [-0.3, -0.25) is 0 Å². The van der Waals surface area contributed by atoms with Crippen molar-refractivity contribution in [2.24, 2.45) is 0 Å². The van der Waals surface area contributed by atoms with Crippen LogP contribution in [0.5, 0.6) is 0 Å². The fourth-order valence-corrected chi connectivity index (χ4v) is 7.75. The van der Waals surface area contributed by atoms with Crippen molar-refractivity contribution in [2.45, 2.75) is 31.1 Å². The monoisotopic (exact) mass is 633 g/mol. The van der Waals surface area contributed by atoms with E-state index >= 15 is 0 Å². The lowest BCUT2D eigenvalue weighted by Gasteiger charge is -2.34. The molecule has 5 nitrogen and oxygen atoms in total. The van der Waals surface area contributed by atoms with Gasteiger partial charge in [-0.05, 0) is 55.5 Å². The first-order valence-electron chi connectivity index (χ1n) is 10.8. The minimum atomic E-state index is -4.22. The van der Waals surface area contributed by atoms with Gasteiger partial charge in [0.15, 0.2) is 10.9 Å². The average Bonchev–Trinajstić information content (AvgIpc) is 3.28. The molecule has 0 amide bonds. The van der Waals surface area contributed by atoms with Crippen LogP contribution in [0, 0.1) is 11.6 Å². The van der Waals surface area contributed by atoms with E-state index in [1.807, 2.05) is 10.3 Å². The topological polar surface area (TPSA) is 53.5 Å². The summed E-state index contributed by atoms with van der Waals surface area (Å²) in [4.78, 5) is 6.08. The maximum atomic E-state index is 14.6. The van der Waals surface area contributed by atoms with Crippen molar-refractivity contribution in [1.82, 2.24) is 9.29 Å². The molecule has 1 aliphatic heterocycles. The number of benzene rings is 2. The van der Waals surface area contributed by atoms with Gasteiger partial charge in [0.2, 0.25) is 10.0 Å². The Balaban J connectivity index is 1.42. The molecule has 1 saturated heterocycles. The SMILES string of the molecule is CCCc1ccc(Cc2csc(N3CCN(S(=O)(=O)c4c(F)c(Br)cc(F)c4Br)CC3)n2)cc1. The van der Waals surface area contributed by atoms with Crippen LogP contribution >= 0.6 is 43.2 Å². The standard InChI is InChI=1S/C23H23Br2F2N3O2S2/c1-2-3-15-4-6-16(7-5-15)12-17-14-33-23(28-17)29-8-10-30(11-9-29)34(31,32)22-20(25)19(26)13-18(24)21(22)27/h4-7,13-14H,2-3,8-12H2,1H3. The van der Waals surface area contributed by atoms with Gasteiger partial charge in [-0.25, -0.2) is 22.2 Å². The molecule has 11 heteroatoms. The van der Waals surface area contributed by atoms with Crippen LogP contribution in [0.25, 0.3) is 0 Å². The second kappa shape index (κ2) is 10.7. The van der Waals surface area contributed by atoms with Crippen molar-refractivity contribution in [2.75, 3.05) is 31.1 Å². The van der Waals surface area contributed by atoms with E-state index in [1.54, 1.807) is 0 Å². The molecule has 1 aliphatic rings. The Morgan fingerprint density at radius 3 is 2.35 bits per heavy atom. The molecule has 4 rings (SSSR count). The minimum Gasteiger partial charge on any atom is -0.345 e. The van der Waals surface area contributed by atoms with Crippen LogP contribution in [0.15, 0.2) is 49.6 Å². The molecule has 0 spiro atoms. The van der Waals surface area contributed by atoms with E-state index < -0.39 is 31.0 Å². The molecule has 0 saturated carbocycles. The lowest BCUT2D eigenvalue weighted by molar-refractivity contribution is 0.381. The van der Waals surface area contributed by atoms with E-state index in [2.05, 4.69) is 63.0 Å². The highest BCUT2D eigenvalue weighted by molar-refractivity contribution is 9.11. The van der Waals surface area contributed by atoms with Gasteiger partial charge in [-0.1, -0.05) is 37.6 Å². The van der Waals surface area contributed by atoms with Gasteiger partial charge in [-0.2, -0.15) is 4.31 Å². The van der Waals surface area contributed by atoms with Crippen LogP contribution in [-0.4, -0.2) is 43.9 Å². The third kappa shape index (κ3) is 5.38. The maximum Gasteiger partial charge on any atom is 0.247 e. The number of aryl methyl sites for hydroxylation is 1. The fourth-order valence-electron chi connectivity index (χ4n) is 3.87. The number of halogens is 4. The molecule has 182 valence electrons. The van der Waals surface area contributed by atoms with E-state index in [4.69, 9.17) is 4.98 Å². The number of rotatable bonds is 7. The van der Waals surface area contributed by atoms with Crippen molar-refractivity contribution in [1.29, 1.82) is 0 Å². The zero-order chi connectivity index (χ0) is 24.5. The number of hydrogen-bond acceptors (Lipinski definition) is 5. The van der Waals surface area contributed by atoms with Gasteiger partial charge in [-0.15, -0.1) is 11.3 Å². The molecule has 34 heavy (non-hydrogen) atoms. The summed E-state index contributed by atoms with van der Waals surface area (Å²) in [5.41, 5.74) is 3.49. The molecular formula is C23H23Br2F2N3O2S2. The molecule has 1 fully saturated rings. The number of hydrogen-bond donors (Lipinski definition) is 0. The molecule has 2 aromatic carbocycles. The van der Waals surface area contributed by atoms with Gasteiger partial charge in [0.05, 0.1) is 14.6 Å². The van der Waals surface area contributed by atoms with Crippen LogP contribution in [0.2, 0.25) is 0 Å². The number of nitrogens with zero attached hydrogens (tertiary/aromatic N) is 3. The number of sulfonamides is 1. The number of thiazole rings is 1. The number of piperazine rings is 1. The minimum absolute atomic E-state index is 0.149. The Morgan fingerprint density at radius 1 is 1.06 bits per heavy atom. The summed E-state index contributed by atoms with van der Waals surface area (Å²) in [6, 6.07) is 9.48. The van der Waals surface area contributed by atoms with Gasteiger partial charge in [0.1, 0.15) is 10.7 Å². The average molecular weight is 635 g/mol. The first-order chi connectivity index (χ1) is 16.2. The van der Waals surface area contributed by atoms with Crippen molar-refractivity contribution in [3.8, 4) is 0 Å². The molecule has 0 radical (unpaired) electrons. The molecule has 0 aliphatic carbocycles. The quantitative estimate of drug-likeness (QED) is 0.299. The van der Waals surface area contributed by atoms with Gasteiger partial charge in [0, 0.05) is 38.0 Å². The zero-order valence-electron chi connectivity index (χ0n) is 18.4. The Labute approximate surface area is 219 Å². The summed E-state index contributed by atoms with van der Waals surface area (Å²) in [7, 11) is -4.22. The summed E-state index contributed by atoms with van der Waals surface area (Å²) in [6.07, 6.45) is 2.93. The predicted octanol–water partition coefficient (Wildman–Crippen LogP) is 6.00. The normalized spacial score (nSPS) is 15.1. The van der Waals surface area contributed by atoms with Crippen LogP contribution in [-0.2, 0) is 22.9 Å². The van der Waals surface area contributed by atoms with E-state index in [0.29, 0.717) is 13.1 Å². The highest BCUT2D eigenvalue weighted by Crippen LogP contribution is 2.35. The fraction of sp³-hybridized carbons (Fsp3) is 0.348. The Morgan fingerprint density at radius 2 is 1.71 bits per heavy atom. The van der Waals surface area contributed by atoms with Crippen molar-refractivity contribution >= 4 is 58.4 Å². The zero-order valence-corrected chi connectivity index (χ0v) is 23.2. The van der Waals surface area contributed by atoms with E-state index in [0.717, 1.165) is 36.2 Å². The first kappa shape index (κ1) is 25.7. The van der Waals surface area contributed by atoms with Crippen molar-refractivity contribution in [3.63, 3.8) is 0 Å². The summed E-state index contributed by atoms with van der Waals surface area (Å²) >= 11 is 7.31. The number of aromatic nitrogens is 1. The summed E-state index contributed by atoms with van der Waals surface area (Å²) in [6.45, 7) is 3.28. The number of anilines is 1.